The van der Waals surface area contributed by atoms with Crippen LogP contribution in [0.4, 0.5) is 0 Å². The van der Waals surface area contributed by atoms with Crippen LogP contribution in [-0.2, 0) is 13.0 Å². The van der Waals surface area contributed by atoms with Crippen molar-refractivity contribution in [1.29, 1.82) is 0 Å². The Morgan fingerprint density at radius 3 is 3.00 bits per heavy atom. The third kappa shape index (κ3) is 3.24. The Balaban J connectivity index is 1.73. The van der Waals surface area contributed by atoms with Crippen LogP contribution in [0.25, 0.3) is 0 Å². The molecule has 21 heavy (non-hydrogen) atoms. The summed E-state index contributed by atoms with van der Waals surface area (Å²) in [6.45, 7) is 9.76. The minimum Gasteiger partial charge on any atom is -0.487 e. The molecule has 2 unspecified atom stereocenters. The SMILES string of the molecule is CC(N)C1CCCN(Cc2cccc3c2OC(C)(C)C3)C1. The van der Waals surface area contributed by atoms with E-state index in [1.807, 2.05) is 0 Å². The van der Waals surface area contributed by atoms with Crippen molar-refractivity contribution in [1.82, 2.24) is 4.90 Å². The molecular formula is C18H28N2O. The minimum atomic E-state index is -0.0609. The predicted octanol–water partition coefficient (Wildman–Crippen LogP) is 2.96. The Hall–Kier alpha value is -1.06. The van der Waals surface area contributed by atoms with Crippen molar-refractivity contribution in [2.24, 2.45) is 11.7 Å². The van der Waals surface area contributed by atoms with Crippen LogP contribution in [0.5, 0.6) is 5.75 Å². The smallest absolute Gasteiger partial charge is 0.127 e. The van der Waals surface area contributed by atoms with Crippen LogP contribution in [0.3, 0.4) is 0 Å². The summed E-state index contributed by atoms with van der Waals surface area (Å²) in [5.74, 6) is 1.76. The molecule has 0 amide bonds. The summed E-state index contributed by atoms with van der Waals surface area (Å²) < 4.78 is 6.19. The van der Waals surface area contributed by atoms with E-state index in [2.05, 4.69) is 43.9 Å². The summed E-state index contributed by atoms with van der Waals surface area (Å²) in [5.41, 5.74) is 8.73. The number of benzene rings is 1. The molecule has 0 spiro atoms. The molecule has 116 valence electrons. The number of likely N-dealkylation sites (tertiary alicyclic amines) is 1. The first-order valence-corrected chi connectivity index (χ1v) is 8.22. The Morgan fingerprint density at radius 1 is 1.43 bits per heavy atom. The normalized spacial score (nSPS) is 26.2. The van der Waals surface area contributed by atoms with Gasteiger partial charge in [0, 0.05) is 31.1 Å². The Morgan fingerprint density at radius 2 is 2.24 bits per heavy atom. The summed E-state index contributed by atoms with van der Waals surface area (Å²) >= 11 is 0. The van der Waals surface area contributed by atoms with Gasteiger partial charge in [0.25, 0.3) is 0 Å². The lowest BCUT2D eigenvalue weighted by Crippen LogP contribution is -2.42. The van der Waals surface area contributed by atoms with E-state index in [0.29, 0.717) is 12.0 Å². The van der Waals surface area contributed by atoms with E-state index in [1.54, 1.807) is 0 Å². The Kier molecular flexibility index (Phi) is 3.98. The molecule has 2 heterocycles. The number of nitrogens with two attached hydrogens (primary N) is 1. The number of rotatable bonds is 3. The average molecular weight is 288 g/mol. The number of hydrogen-bond donors (Lipinski definition) is 1. The van der Waals surface area contributed by atoms with Crippen LogP contribution < -0.4 is 10.5 Å². The van der Waals surface area contributed by atoms with E-state index >= 15 is 0 Å². The topological polar surface area (TPSA) is 38.5 Å². The van der Waals surface area contributed by atoms with Gasteiger partial charge >= 0.3 is 0 Å². The maximum atomic E-state index is 6.19. The Bertz CT molecular complexity index is 510. The summed E-state index contributed by atoms with van der Waals surface area (Å²) in [6, 6.07) is 6.89. The number of fused-ring (bicyclic) bond motifs is 1. The van der Waals surface area contributed by atoms with E-state index in [-0.39, 0.29) is 5.60 Å². The molecule has 2 N–H and O–H groups in total. The van der Waals surface area contributed by atoms with Gasteiger partial charge in [0.15, 0.2) is 0 Å². The third-order valence-corrected chi connectivity index (χ3v) is 4.85. The van der Waals surface area contributed by atoms with Gasteiger partial charge in [-0.1, -0.05) is 18.2 Å². The first kappa shape index (κ1) is 14.9. The van der Waals surface area contributed by atoms with Crippen molar-refractivity contribution in [2.75, 3.05) is 13.1 Å². The second kappa shape index (κ2) is 5.62. The van der Waals surface area contributed by atoms with E-state index in [1.165, 1.54) is 30.5 Å². The first-order chi connectivity index (χ1) is 9.94. The largest absolute Gasteiger partial charge is 0.487 e. The number of para-hydroxylation sites is 1. The van der Waals surface area contributed by atoms with Crippen LogP contribution in [0.15, 0.2) is 18.2 Å². The lowest BCUT2D eigenvalue weighted by molar-refractivity contribution is 0.129. The highest BCUT2D eigenvalue weighted by Gasteiger charge is 2.32. The maximum absolute atomic E-state index is 6.19. The fourth-order valence-corrected chi connectivity index (χ4v) is 3.71. The fourth-order valence-electron chi connectivity index (χ4n) is 3.71. The number of nitrogens with zero attached hydrogens (tertiary/aromatic N) is 1. The molecule has 1 saturated heterocycles. The van der Waals surface area contributed by atoms with Gasteiger partial charge in [-0.2, -0.15) is 0 Å². The zero-order valence-electron chi connectivity index (χ0n) is 13.6. The molecule has 2 aliphatic heterocycles. The molecular weight excluding hydrogens is 260 g/mol. The van der Waals surface area contributed by atoms with Crippen LogP contribution in [-0.4, -0.2) is 29.6 Å². The van der Waals surface area contributed by atoms with Crippen LogP contribution in [0, 0.1) is 5.92 Å². The monoisotopic (exact) mass is 288 g/mol. The number of ether oxygens (including phenoxy) is 1. The number of piperidine rings is 1. The van der Waals surface area contributed by atoms with E-state index in [9.17, 15) is 0 Å². The zero-order chi connectivity index (χ0) is 15.0. The molecule has 2 aliphatic rings. The van der Waals surface area contributed by atoms with Crippen molar-refractivity contribution >= 4 is 0 Å². The first-order valence-electron chi connectivity index (χ1n) is 8.22. The highest BCUT2D eigenvalue weighted by molar-refractivity contribution is 5.45. The van der Waals surface area contributed by atoms with E-state index in [4.69, 9.17) is 10.5 Å². The fraction of sp³-hybridized carbons (Fsp3) is 0.667. The summed E-state index contributed by atoms with van der Waals surface area (Å²) in [4.78, 5) is 2.54. The Labute approximate surface area is 128 Å². The summed E-state index contributed by atoms with van der Waals surface area (Å²) in [7, 11) is 0. The number of hydrogen-bond acceptors (Lipinski definition) is 3. The lowest BCUT2D eigenvalue weighted by Gasteiger charge is -2.35. The molecule has 1 fully saturated rings. The van der Waals surface area contributed by atoms with Crippen LogP contribution in [0.1, 0.15) is 44.7 Å². The van der Waals surface area contributed by atoms with E-state index in [0.717, 1.165) is 25.3 Å². The van der Waals surface area contributed by atoms with Crippen LogP contribution >= 0.6 is 0 Å². The van der Waals surface area contributed by atoms with Crippen molar-refractivity contribution < 1.29 is 4.74 Å². The lowest BCUT2D eigenvalue weighted by atomic mass is 9.92. The molecule has 0 aliphatic carbocycles. The van der Waals surface area contributed by atoms with Gasteiger partial charge in [-0.15, -0.1) is 0 Å². The molecule has 0 aromatic heterocycles. The minimum absolute atomic E-state index is 0.0609. The second-order valence-corrected chi connectivity index (χ2v) is 7.44. The van der Waals surface area contributed by atoms with Gasteiger partial charge in [0.05, 0.1) is 0 Å². The molecule has 0 bridgehead atoms. The third-order valence-electron chi connectivity index (χ3n) is 4.85. The molecule has 1 aromatic carbocycles. The molecule has 1 aromatic rings. The molecule has 3 nitrogen and oxygen atoms in total. The average Bonchev–Trinajstić information content (AvgIpc) is 2.74. The molecule has 3 rings (SSSR count). The van der Waals surface area contributed by atoms with E-state index < -0.39 is 0 Å². The van der Waals surface area contributed by atoms with Crippen molar-refractivity contribution in [2.45, 2.75) is 58.2 Å². The maximum Gasteiger partial charge on any atom is 0.127 e. The molecule has 2 atom stereocenters. The van der Waals surface area contributed by atoms with Gasteiger partial charge in [-0.25, -0.2) is 0 Å². The van der Waals surface area contributed by atoms with Crippen LogP contribution in [0.2, 0.25) is 0 Å². The van der Waals surface area contributed by atoms with Gasteiger partial charge in [0.2, 0.25) is 0 Å². The van der Waals surface area contributed by atoms with Crippen molar-refractivity contribution in [3.05, 3.63) is 29.3 Å². The second-order valence-electron chi connectivity index (χ2n) is 7.44. The standard InChI is InChI=1S/C18H28N2O/c1-13(19)15-8-5-9-20(11-15)12-16-7-4-6-14-10-18(2,3)21-17(14)16/h4,6-7,13,15H,5,8-12,19H2,1-3H3. The van der Waals surface area contributed by atoms with Crippen molar-refractivity contribution in [3.8, 4) is 5.75 Å². The van der Waals surface area contributed by atoms with Gasteiger partial charge in [-0.05, 0) is 51.6 Å². The summed E-state index contributed by atoms with van der Waals surface area (Å²) in [5, 5.41) is 0. The van der Waals surface area contributed by atoms with Gasteiger partial charge < -0.3 is 10.5 Å². The molecule has 0 radical (unpaired) electrons. The zero-order valence-corrected chi connectivity index (χ0v) is 13.6. The van der Waals surface area contributed by atoms with Crippen molar-refractivity contribution in [3.63, 3.8) is 0 Å². The molecule has 0 saturated carbocycles. The predicted molar refractivity (Wildman–Crippen MR) is 86.5 cm³/mol. The quantitative estimate of drug-likeness (QED) is 0.929. The molecule has 3 heteroatoms. The highest BCUT2D eigenvalue weighted by atomic mass is 16.5. The van der Waals surface area contributed by atoms with Gasteiger partial charge in [-0.3, -0.25) is 4.90 Å². The summed E-state index contributed by atoms with van der Waals surface area (Å²) in [6.07, 6.45) is 3.54. The highest BCUT2D eigenvalue weighted by Crippen LogP contribution is 2.38. The van der Waals surface area contributed by atoms with Gasteiger partial charge in [0.1, 0.15) is 11.4 Å².